The Kier molecular flexibility index (Phi) is 5.66. The summed E-state index contributed by atoms with van der Waals surface area (Å²) in [5.41, 5.74) is 2.89. The van der Waals surface area contributed by atoms with Crippen molar-refractivity contribution in [2.45, 2.75) is 6.54 Å². The van der Waals surface area contributed by atoms with Gasteiger partial charge in [-0.05, 0) is 48.0 Å². The number of rotatable bonds is 4. The lowest BCUT2D eigenvalue weighted by Gasteiger charge is -2.14. The molecule has 3 aromatic heterocycles. The Bertz CT molecular complexity index is 1550. The Morgan fingerprint density at radius 3 is 2.36 bits per heavy atom. The molecule has 0 unspecified atom stereocenters. The highest BCUT2D eigenvalue weighted by molar-refractivity contribution is 7.15. The van der Waals surface area contributed by atoms with E-state index in [2.05, 4.69) is 4.98 Å². The largest absolute Gasteiger partial charge is 0.508 e. The molecule has 166 valence electrons. The number of aromatic nitrogens is 4. The lowest BCUT2D eigenvalue weighted by Crippen LogP contribution is -2.43. The van der Waals surface area contributed by atoms with Crippen LogP contribution in [-0.2, 0) is 13.6 Å². The van der Waals surface area contributed by atoms with Crippen molar-refractivity contribution in [3.8, 4) is 28.1 Å². The van der Waals surface area contributed by atoms with Gasteiger partial charge in [-0.1, -0.05) is 39.3 Å². The number of phenolic OH excluding ortho intramolecular Hbond substituents is 1. The van der Waals surface area contributed by atoms with Gasteiger partial charge >= 0.3 is 11.2 Å². The topological polar surface area (TPSA) is 63.4 Å². The number of aryl methyl sites for hydroxylation is 1. The molecule has 2 aromatic carbocycles. The molecule has 5 rings (SSSR count). The predicted octanol–water partition coefficient (Wildman–Crippen LogP) is 5.43. The van der Waals surface area contributed by atoms with E-state index >= 15 is 0 Å². The first-order valence-electron chi connectivity index (χ1n) is 9.82. The number of thiazole rings is 1. The molecular weight excluding hydrogens is 503 g/mol. The number of hydrogen-bond donors (Lipinski definition) is 1. The average Bonchev–Trinajstić information content (AvgIpc) is 3.35. The molecule has 0 saturated carbocycles. The van der Waals surface area contributed by atoms with Crippen LogP contribution in [0.5, 0.6) is 5.75 Å². The van der Waals surface area contributed by atoms with Crippen LogP contribution >= 0.6 is 46.1 Å². The average molecular weight is 519 g/mol. The maximum absolute atomic E-state index is 13.9. The van der Waals surface area contributed by atoms with Gasteiger partial charge in [0.15, 0.2) is 10.2 Å². The Hall–Kier alpha value is -2.84. The summed E-state index contributed by atoms with van der Waals surface area (Å²) in [5, 5.41) is 10.7. The molecule has 3 heterocycles. The van der Waals surface area contributed by atoms with Crippen molar-refractivity contribution in [3.63, 3.8) is 0 Å². The normalized spacial score (nSPS) is 11.4. The minimum atomic E-state index is -0.225. The van der Waals surface area contributed by atoms with Crippen LogP contribution in [0.2, 0.25) is 14.5 Å². The Morgan fingerprint density at radius 2 is 1.73 bits per heavy atom. The molecule has 0 spiro atoms. The number of hydrogen-bond acceptors (Lipinski definition) is 4. The first kappa shape index (κ1) is 22.0. The minimum absolute atomic E-state index is 0.129. The summed E-state index contributed by atoms with van der Waals surface area (Å²) in [6.07, 6.45) is 3.54. The van der Waals surface area contributed by atoms with E-state index < -0.39 is 0 Å². The van der Waals surface area contributed by atoms with E-state index in [-0.39, 0.29) is 11.3 Å². The quantitative estimate of drug-likeness (QED) is 0.323. The van der Waals surface area contributed by atoms with Crippen LogP contribution in [-0.4, -0.2) is 19.3 Å². The molecule has 6 nitrogen and oxygen atoms in total. The molecule has 0 radical (unpaired) electrons. The Labute approximate surface area is 207 Å². The molecule has 5 aromatic rings. The lowest BCUT2D eigenvalue weighted by atomic mass is 9.99. The fourth-order valence-electron chi connectivity index (χ4n) is 3.93. The lowest BCUT2D eigenvalue weighted by molar-refractivity contribution is -0.654. The molecule has 10 heteroatoms. The van der Waals surface area contributed by atoms with Crippen LogP contribution in [0, 0.1) is 0 Å². The van der Waals surface area contributed by atoms with Gasteiger partial charge in [-0.3, -0.25) is 0 Å². The highest BCUT2D eigenvalue weighted by Crippen LogP contribution is 2.32. The first-order valence-corrected chi connectivity index (χ1v) is 11.8. The predicted molar refractivity (Wildman–Crippen MR) is 132 cm³/mol. The molecule has 0 aliphatic carbocycles. The second-order valence-electron chi connectivity index (χ2n) is 7.46. The third kappa shape index (κ3) is 4.02. The highest BCUT2D eigenvalue weighted by Gasteiger charge is 2.29. The molecule has 0 atom stereocenters. The molecule has 0 saturated heterocycles. The van der Waals surface area contributed by atoms with E-state index in [0.29, 0.717) is 43.5 Å². The van der Waals surface area contributed by atoms with E-state index in [4.69, 9.17) is 34.8 Å². The molecule has 1 N–H and O–H groups in total. The van der Waals surface area contributed by atoms with Crippen LogP contribution in [0.15, 0.2) is 65.7 Å². The summed E-state index contributed by atoms with van der Waals surface area (Å²) >= 11 is 20.1. The number of aromatic hydroxyl groups is 1. The number of phenols is 1. The van der Waals surface area contributed by atoms with Crippen LogP contribution in [0.25, 0.3) is 28.0 Å². The molecule has 0 aliphatic rings. The summed E-state index contributed by atoms with van der Waals surface area (Å²) in [5.74, 6) is 0.129. The molecule has 0 amide bonds. The van der Waals surface area contributed by atoms with Crippen molar-refractivity contribution < 1.29 is 9.67 Å². The number of halogens is 3. The van der Waals surface area contributed by atoms with E-state index in [1.165, 1.54) is 11.3 Å². The monoisotopic (exact) mass is 517 g/mol. The van der Waals surface area contributed by atoms with Gasteiger partial charge in [0.05, 0.1) is 17.1 Å². The van der Waals surface area contributed by atoms with Gasteiger partial charge in [-0.25, -0.2) is 19.0 Å². The summed E-state index contributed by atoms with van der Waals surface area (Å²) in [6, 6.07) is 13.7. The second kappa shape index (κ2) is 8.50. The maximum Gasteiger partial charge on any atom is 0.369 e. The van der Waals surface area contributed by atoms with Crippen LogP contribution < -0.4 is 10.1 Å². The Balaban J connectivity index is 1.94. The van der Waals surface area contributed by atoms with E-state index in [1.54, 1.807) is 64.9 Å². The van der Waals surface area contributed by atoms with Gasteiger partial charge in [0.1, 0.15) is 17.9 Å². The van der Waals surface area contributed by atoms with Crippen molar-refractivity contribution in [1.82, 2.24) is 14.2 Å². The van der Waals surface area contributed by atoms with Crippen molar-refractivity contribution in [1.29, 1.82) is 0 Å². The van der Waals surface area contributed by atoms with Gasteiger partial charge < -0.3 is 5.11 Å². The molecule has 0 aliphatic heterocycles. The summed E-state index contributed by atoms with van der Waals surface area (Å²) < 4.78 is 5.79. The van der Waals surface area contributed by atoms with Gasteiger partial charge in [0.2, 0.25) is 0 Å². The van der Waals surface area contributed by atoms with E-state index in [0.717, 1.165) is 10.4 Å². The number of nitrogens with zero attached hydrogens (tertiary/aromatic N) is 4. The molecule has 0 fully saturated rings. The van der Waals surface area contributed by atoms with Crippen LogP contribution in [0.3, 0.4) is 0 Å². The Morgan fingerprint density at radius 1 is 1.03 bits per heavy atom. The number of fused-ring (bicyclic) bond motifs is 1. The van der Waals surface area contributed by atoms with Crippen molar-refractivity contribution in [3.05, 3.63) is 90.7 Å². The van der Waals surface area contributed by atoms with E-state index in [9.17, 15) is 9.90 Å². The summed E-state index contributed by atoms with van der Waals surface area (Å²) in [7, 11) is 1.80. The van der Waals surface area contributed by atoms with Gasteiger partial charge in [0, 0.05) is 28.9 Å². The number of benzene rings is 2. The van der Waals surface area contributed by atoms with Gasteiger partial charge in [-0.2, -0.15) is 0 Å². The van der Waals surface area contributed by atoms with Crippen molar-refractivity contribution >= 4 is 51.8 Å². The van der Waals surface area contributed by atoms with Crippen LogP contribution in [0.1, 0.15) is 4.88 Å². The zero-order chi connectivity index (χ0) is 23.3. The van der Waals surface area contributed by atoms with Crippen molar-refractivity contribution in [2.24, 2.45) is 7.05 Å². The zero-order valence-corrected chi connectivity index (χ0v) is 20.3. The standard InChI is InChI=1S/C23H15Cl3N4O2S/c1-28-7-6-19-29(12-18-11-27-23(26)33-18)21(13-2-4-17(31)5-3-13)20(22(32)30(19)28)14-8-15(24)10-16(25)9-14/h2-11H,12H2,1H3/p+1. The molecular formula is C23H16Cl3N4O2S+. The van der Waals surface area contributed by atoms with E-state index in [1.807, 2.05) is 16.8 Å². The first-order chi connectivity index (χ1) is 15.8. The van der Waals surface area contributed by atoms with Gasteiger partial charge in [0.25, 0.3) is 0 Å². The highest BCUT2D eigenvalue weighted by atomic mass is 35.5. The third-order valence-corrected chi connectivity index (χ3v) is 6.83. The smallest absolute Gasteiger partial charge is 0.369 e. The second-order valence-corrected chi connectivity index (χ2v) is 10.0. The van der Waals surface area contributed by atoms with Crippen molar-refractivity contribution in [2.75, 3.05) is 0 Å². The summed E-state index contributed by atoms with van der Waals surface area (Å²) in [6.45, 7) is 0.426. The fraction of sp³-hybridized carbons (Fsp3) is 0.0870. The minimum Gasteiger partial charge on any atom is -0.508 e. The fourth-order valence-corrected chi connectivity index (χ4v) is 5.43. The zero-order valence-electron chi connectivity index (χ0n) is 17.2. The maximum atomic E-state index is 13.9. The third-order valence-electron chi connectivity index (χ3n) is 5.29. The van der Waals surface area contributed by atoms with Gasteiger partial charge in [-0.15, -0.1) is 11.3 Å². The summed E-state index contributed by atoms with van der Waals surface area (Å²) in [4.78, 5) is 18.9. The molecule has 33 heavy (non-hydrogen) atoms. The SMILES string of the molecule is Cn1ccc2n1c(=O)c(-c1cc(Cl)cc(Cl)c1)c(-c1ccc(O)cc1)[n+]2Cc1cnc(Cl)s1. The molecule has 0 bridgehead atoms. The van der Waals surface area contributed by atoms with Crippen LogP contribution in [0.4, 0.5) is 0 Å².